The van der Waals surface area contributed by atoms with E-state index in [-0.39, 0.29) is 54.8 Å². The molecule has 3 aliphatic heterocycles. The molecule has 1 saturated carbocycles. The molecule has 366 valence electrons. The van der Waals surface area contributed by atoms with Gasteiger partial charge in [0.2, 0.25) is 5.79 Å². The van der Waals surface area contributed by atoms with Crippen molar-refractivity contribution < 1.29 is 63.0 Å². The molecule has 0 aromatic rings. The van der Waals surface area contributed by atoms with Crippen LogP contribution in [0.25, 0.3) is 0 Å². The molecular weight excluding hydrogens is 835 g/mol. The highest BCUT2D eigenvalue weighted by Gasteiger charge is 2.53. The number of allylic oxidation sites excluding steroid dienone is 6. The van der Waals surface area contributed by atoms with Crippen molar-refractivity contribution >= 4 is 29.2 Å². The molecule has 1 amide bonds. The van der Waals surface area contributed by atoms with E-state index in [1.54, 1.807) is 41.1 Å². The first-order valence-electron chi connectivity index (χ1n) is 23.9. The van der Waals surface area contributed by atoms with E-state index in [9.17, 15) is 39.3 Å². The summed E-state index contributed by atoms with van der Waals surface area (Å²) in [5, 5.41) is 33.9. The molecule has 3 unspecified atom stereocenters. The highest BCUT2D eigenvalue weighted by molar-refractivity contribution is 6.39. The fraction of sp³-hybridized carbons (Fsp3) is 0.745. The monoisotopic (exact) mass is 914 g/mol. The zero-order valence-electron chi connectivity index (χ0n) is 40.6. The molecule has 0 aromatic carbocycles. The van der Waals surface area contributed by atoms with Crippen molar-refractivity contribution in [3.8, 4) is 0 Å². The Bertz CT molecular complexity index is 1760. The average molecular weight is 914 g/mol. The fourth-order valence-corrected chi connectivity index (χ4v) is 10.1. The molecule has 65 heavy (non-hydrogen) atoms. The summed E-state index contributed by atoms with van der Waals surface area (Å²) in [6, 6.07) is -1.14. The lowest BCUT2D eigenvalue weighted by atomic mass is 9.78. The number of carbonyl (C=O) groups excluding carboxylic acids is 5. The zero-order chi connectivity index (χ0) is 48.2. The summed E-state index contributed by atoms with van der Waals surface area (Å²) in [7, 11) is 4.53. The van der Waals surface area contributed by atoms with Crippen LogP contribution in [0, 0.1) is 35.5 Å². The van der Waals surface area contributed by atoms with E-state index in [2.05, 4.69) is 0 Å². The second-order valence-electron chi connectivity index (χ2n) is 19.6. The minimum Gasteiger partial charge on any atom is -0.460 e. The van der Waals surface area contributed by atoms with E-state index in [1.165, 1.54) is 12.0 Å². The Balaban J connectivity index is 1.70. The van der Waals surface area contributed by atoms with Gasteiger partial charge in [0.05, 0.1) is 30.5 Å². The van der Waals surface area contributed by atoms with Crippen molar-refractivity contribution in [2.45, 2.75) is 180 Å². The molecule has 3 N–H and O–H groups in total. The number of fused-ring (bicyclic) bond motifs is 3. The van der Waals surface area contributed by atoms with Crippen LogP contribution in [0.5, 0.6) is 0 Å². The summed E-state index contributed by atoms with van der Waals surface area (Å²) in [6.07, 6.45) is 11.2. The lowest BCUT2D eigenvalue weighted by Gasteiger charge is -2.42. The smallest absolute Gasteiger partial charge is 0.329 e. The number of methoxy groups -OCH3 is 3. The Morgan fingerprint density at radius 2 is 1.58 bits per heavy atom. The third-order valence-electron chi connectivity index (χ3n) is 14.5. The fourth-order valence-electron chi connectivity index (χ4n) is 10.1. The molecule has 4 rings (SSSR count). The number of nitrogens with zero attached hydrogens (tertiary/aromatic N) is 1. The number of esters is 1. The SMILES string of the molecule is CO[C@H]1CC2CC[C@@H](C)[C@@](O)(O2)C(=O)C(=O)N2CCCC[C@H]2C(=O)O[C@H]([C@H](C)C[C@@H]2CC[C@@H](O)[C@H](OC)C2)CC(=O)C(C)=CC(C)C(O)[C@@H](OC)C(=O)[C@H](C)C[C@H](C)C=CC=CC=C1C. The van der Waals surface area contributed by atoms with Gasteiger partial charge < -0.3 is 43.9 Å². The molecule has 14 heteroatoms. The molecule has 3 heterocycles. The number of ether oxygens (including phenoxy) is 5. The molecule has 15 atom stereocenters. The molecule has 2 saturated heterocycles. The molecule has 4 aliphatic rings. The summed E-state index contributed by atoms with van der Waals surface area (Å²) in [4.78, 5) is 71.7. The van der Waals surface area contributed by atoms with Crippen LogP contribution in [0.15, 0.2) is 47.6 Å². The van der Waals surface area contributed by atoms with Gasteiger partial charge in [0, 0.05) is 58.5 Å². The van der Waals surface area contributed by atoms with E-state index in [1.807, 2.05) is 58.1 Å². The normalized spacial score (nSPS) is 37.8. The van der Waals surface area contributed by atoms with Gasteiger partial charge in [-0.05, 0) is 107 Å². The van der Waals surface area contributed by atoms with E-state index in [0.29, 0.717) is 63.4 Å². The van der Waals surface area contributed by atoms with E-state index >= 15 is 0 Å². The van der Waals surface area contributed by atoms with Gasteiger partial charge in [-0.15, -0.1) is 0 Å². The summed E-state index contributed by atoms with van der Waals surface area (Å²) in [6.45, 7) is 12.7. The highest BCUT2D eigenvalue weighted by atomic mass is 16.6. The predicted octanol–water partition coefficient (Wildman–Crippen LogP) is 6.18. The average Bonchev–Trinajstić information content (AvgIpc) is 3.28. The first-order chi connectivity index (χ1) is 30.7. The van der Waals surface area contributed by atoms with Crippen LogP contribution in [0.1, 0.15) is 126 Å². The van der Waals surface area contributed by atoms with E-state index in [0.717, 1.165) is 12.0 Å². The Kier molecular flexibility index (Phi) is 21.0. The van der Waals surface area contributed by atoms with Crippen LogP contribution < -0.4 is 0 Å². The first kappa shape index (κ1) is 54.2. The van der Waals surface area contributed by atoms with E-state index in [4.69, 9.17) is 23.7 Å². The van der Waals surface area contributed by atoms with Crippen molar-refractivity contribution in [2.24, 2.45) is 35.5 Å². The molecule has 2 bridgehead atoms. The number of Topliss-reactive ketones (excluding diaryl/α,β-unsaturated/α-hetero) is 3. The van der Waals surface area contributed by atoms with Crippen molar-refractivity contribution in [2.75, 3.05) is 27.9 Å². The lowest BCUT2D eigenvalue weighted by molar-refractivity contribution is -0.265. The zero-order valence-corrected chi connectivity index (χ0v) is 40.6. The molecule has 1 aliphatic carbocycles. The number of aliphatic hydroxyl groups excluding tert-OH is 2. The predicted molar refractivity (Wildman–Crippen MR) is 245 cm³/mol. The summed E-state index contributed by atoms with van der Waals surface area (Å²) >= 11 is 0. The van der Waals surface area contributed by atoms with Crippen LogP contribution in [-0.4, -0.2) is 132 Å². The van der Waals surface area contributed by atoms with E-state index < -0.39 is 83.9 Å². The number of rotatable bonds is 6. The van der Waals surface area contributed by atoms with Gasteiger partial charge in [-0.2, -0.15) is 0 Å². The van der Waals surface area contributed by atoms with Crippen LogP contribution in [0.4, 0.5) is 0 Å². The molecular formula is C51H79NO13. The van der Waals surface area contributed by atoms with Gasteiger partial charge in [0.25, 0.3) is 11.7 Å². The molecule has 0 aromatic heterocycles. The molecule has 3 fully saturated rings. The minimum atomic E-state index is -2.43. The van der Waals surface area contributed by atoms with Gasteiger partial charge in [0.1, 0.15) is 18.2 Å². The maximum atomic E-state index is 14.4. The number of cyclic esters (lactones) is 1. The quantitative estimate of drug-likeness (QED) is 0.202. The maximum Gasteiger partial charge on any atom is 0.329 e. The first-order valence-corrected chi connectivity index (χ1v) is 23.9. The Hall–Kier alpha value is -3.37. The third-order valence-corrected chi connectivity index (χ3v) is 14.5. The van der Waals surface area contributed by atoms with Crippen LogP contribution in [0.2, 0.25) is 0 Å². The molecule has 0 radical (unpaired) electrons. The number of ketones is 3. The van der Waals surface area contributed by atoms with Crippen LogP contribution in [0.3, 0.4) is 0 Å². The summed E-state index contributed by atoms with van der Waals surface area (Å²) < 4.78 is 29.4. The summed E-state index contributed by atoms with van der Waals surface area (Å²) in [5.74, 6) is -7.93. The number of carbonyl (C=O) groups is 5. The molecule has 14 nitrogen and oxygen atoms in total. The molecule has 0 spiro atoms. The minimum absolute atomic E-state index is 0.0220. The number of piperidine rings is 1. The van der Waals surface area contributed by atoms with Crippen molar-refractivity contribution in [1.82, 2.24) is 4.90 Å². The largest absolute Gasteiger partial charge is 0.460 e. The topological polar surface area (TPSA) is 195 Å². The van der Waals surface area contributed by atoms with Gasteiger partial charge in [0.15, 0.2) is 11.6 Å². The lowest BCUT2D eigenvalue weighted by Crippen LogP contribution is -2.61. The van der Waals surface area contributed by atoms with Gasteiger partial charge in [-0.3, -0.25) is 19.2 Å². The number of hydrogen-bond donors (Lipinski definition) is 3. The summed E-state index contributed by atoms with van der Waals surface area (Å²) in [5.41, 5.74) is 1.19. The number of aliphatic hydroxyl groups is 3. The van der Waals surface area contributed by atoms with Crippen LogP contribution in [-0.2, 0) is 47.7 Å². The van der Waals surface area contributed by atoms with Crippen LogP contribution >= 0.6 is 0 Å². The van der Waals surface area contributed by atoms with Gasteiger partial charge >= 0.3 is 5.97 Å². The second-order valence-corrected chi connectivity index (χ2v) is 19.6. The highest BCUT2D eigenvalue weighted by Crippen LogP contribution is 2.38. The van der Waals surface area contributed by atoms with Crippen molar-refractivity contribution in [1.29, 1.82) is 0 Å². The number of amides is 1. The van der Waals surface area contributed by atoms with Crippen molar-refractivity contribution in [3.63, 3.8) is 0 Å². The second kappa shape index (κ2) is 25.1. The standard InChI is InChI=1S/C51H79NO13/c1-30-16-12-11-13-17-31(2)42(61-8)28-38-21-19-36(7)51(60,65-38)48(57)49(58)52-23-15-14-18-39(52)50(59)64-43(33(4)26-37-20-22-40(53)44(27-37)62-9)29-41(54)32(3)25-35(6)46(56)47(63-10)45(55)34(5)24-30/h11-13,16-17,25,30,33-40,42-44,46-47,53,56,60H,14-15,18-24,26-29H2,1-10H3/t30-,33-,34-,35?,36-,37+,38?,39+,40-,42+,43+,44-,46?,47+,51-/m1/s1. The Labute approximate surface area is 387 Å². The maximum absolute atomic E-state index is 14.4. The Morgan fingerprint density at radius 3 is 2.26 bits per heavy atom. The van der Waals surface area contributed by atoms with Gasteiger partial charge in [-0.1, -0.05) is 71.1 Å². The number of hydrogen-bond acceptors (Lipinski definition) is 13. The third kappa shape index (κ3) is 14.3. The van der Waals surface area contributed by atoms with Crippen molar-refractivity contribution in [3.05, 3.63) is 47.6 Å². The van der Waals surface area contributed by atoms with Gasteiger partial charge in [-0.25, -0.2) is 4.79 Å². The Morgan fingerprint density at radius 1 is 0.862 bits per heavy atom.